The average molecular weight is 422 g/mol. The van der Waals surface area contributed by atoms with Gasteiger partial charge in [0.25, 0.3) is 5.91 Å². The molecule has 1 N–H and O–H groups in total. The Bertz CT molecular complexity index is 1140. The van der Waals surface area contributed by atoms with E-state index in [0.717, 1.165) is 40.3 Å². The Hall–Kier alpha value is -2.86. The molecule has 0 saturated heterocycles. The molecular formula is C24H27N3O2S. The number of carbonyl (C=O) groups excluding carboxylic acids is 1. The van der Waals surface area contributed by atoms with Crippen molar-refractivity contribution in [3.05, 3.63) is 57.7 Å². The average Bonchev–Trinajstić information content (AvgIpc) is 3.10. The van der Waals surface area contributed by atoms with Crippen LogP contribution in [0.3, 0.4) is 0 Å². The highest BCUT2D eigenvalue weighted by Crippen LogP contribution is 2.34. The Balaban J connectivity index is 1.84. The molecule has 1 aliphatic heterocycles. The third-order valence-electron chi connectivity index (χ3n) is 5.23. The molecule has 5 nitrogen and oxygen atoms in total. The van der Waals surface area contributed by atoms with Crippen LogP contribution < -0.4 is 14.9 Å². The first kappa shape index (κ1) is 20.4. The first-order chi connectivity index (χ1) is 14.4. The van der Waals surface area contributed by atoms with E-state index in [-0.39, 0.29) is 12.5 Å². The molecule has 1 amide bonds. The number of nitrogens with one attached hydrogen (secondary N) is 1. The number of nitrogens with zero attached hydrogens (tertiary/aromatic N) is 2. The molecule has 0 spiro atoms. The Labute approximate surface area is 181 Å². The number of aromatic nitrogens is 1. The molecule has 6 heteroatoms. The van der Waals surface area contributed by atoms with Crippen LogP contribution in [0.25, 0.3) is 11.3 Å². The quantitative estimate of drug-likeness (QED) is 0.570. The predicted molar refractivity (Wildman–Crippen MR) is 123 cm³/mol. The molecule has 1 aliphatic rings. The molecule has 0 aliphatic carbocycles. The van der Waals surface area contributed by atoms with Gasteiger partial charge in [0.15, 0.2) is 11.4 Å². The van der Waals surface area contributed by atoms with Gasteiger partial charge in [0, 0.05) is 17.0 Å². The van der Waals surface area contributed by atoms with E-state index >= 15 is 0 Å². The van der Waals surface area contributed by atoms with Gasteiger partial charge >= 0.3 is 0 Å². The SMILES string of the molecule is CCCC(C)n1c(-c2ccc3c(c2)NC(=O)CO3)csc1=Nc1cc(C)cc(C)c1. The Kier molecular flexibility index (Phi) is 5.77. The second-order valence-corrected chi connectivity index (χ2v) is 8.75. The zero-order chi connectivity index (χ0) is 21.3. The molecule has 3 aromatic rings. The van der Waals surface area contributed by atoms with Crippen molar-refractivity contribution >= 4 is 28.6 Å². The lowest BCUT2D eigenvalue weighted by molar-refractivity contribution is -0.118. The number of amides is 1. The maximum absolute atomic E-state index is 11.7. The third kappa shape index (κ3) is 4.19. The molecule has 1 atom stereocenters. The lowest BCUT2D eigenvalue weighted by Crippen LogP contribution is -2.25. The minimum atomic E-state index is -0.122. The van der Waals surface area contributed by atoms with E-state index in [1.807, 2.05) is 18.2 Å². The van der Waals surface area contributed by atoms with Crippen molar-refractivity contribution < 1.29 is 9.53 Å². The number of hydrogen-bond donors (Lipinski definition) is 1. The van der Waals surface area contributed by atoms with E-state index in [4.69, 9.17) is 9.73 Å². The van der Waals surface area contributed by atoms with E-state index in [1.165, 1.54) is 11.1 Å². The number of hydrogen-bond acceptors (Lipinski definition) is 4. The number of carbonyl (C=O) groups is 1. The number of aryl methyl sites for hydroxylation is 2. The molecule has 30 heavy (non-hydrogen) atoms. The molecule has 0 bridgehead atoms. The highest BCUT2D eigenvalue weighted by atomic mass is 32.1. The minimum Gasteiger partial charge on any atom is -0.482 e. The Morgan fingerprint density at radius 3 is 2.70 bits per heavy atom. The van der Waals surface area contributed by atoms with Crippen LogP contribution in [0.5, 0.6) is 5.75 Å². The van der Waals surface area contributed by atoms with E-state index in [1.54, 1.807) is 11.3 Å². The Morgan fingerprint density at radius 2 is 1.97 bits per heavy atom. The number of anilines is 1. The summed E-state index contributed by atoms with van der Waals surface area (Å²) in [7, 11) is 0. The smallest absolute Gasteiger partial charge is 0.262 e. The summed E-state index contributed by atoms with van der Waals surface area (Å²) in [5, 5.41) is 5.06. The molecule has 2 aromatic carbocycles. The van der Waals surface area contributed by atoms with Crippen LogP contribution in [0.1, 0.15) is 43.9 Å². The number of thiazole rings is 1. The maximum atomic E-state index is 11.7. The largest absolute Gasteiger partial charge is 0.482 e. The zero-order valence-corrected chi connectivity index (χ0v) is 18.7. The molecule has 0 fully saturated rings. The minimum absolute atomic E-state index is 0.0667. The summed E-state index contributed by atoms with van der Waals surface area (Å²) in [6, 6.07) is 12.7. The van der Waals surface area contributed by atoms with Crippen LogP contribution in [-0.4, -0.2) is 17.1 Å². The van der Waals surface area contributed by atoms with Gasteiger partial charge in [-0.05, 0) is 68.7 Å². The van der Waals surface area contributed by atoms with E-state index in [9.17, 15) is 4.79 Å². The monoisotopic (exact) mass is 421 g/mol. The summed E-state index contributed by atoms with van der Waals surface area (Å²) in [6.45, 7) is 8.71. The van der Waals surface area contributed by atoms with Crippen LogP contribution >= 0.6 is 11.3 Å². The maximum Gasteiger partial charge on any atom is 0.262 e. The van der Waals surface area contributed by atoms with Crippen molar-refractivity contribution in [2.24, 2.45) is 4.99 Å². The van der Waals surface area contributed by atoms with Gasteiger partial charge in [-0.1, -0.05) is 19.4 Å². The second kappa shape index (κ2) is 8.48. The van der Waals surface area contributed by atoms with Crippen LogP contribution in [0.4, 0.5) is 11.4 Å². The first-order valence-electron chi connectivity index (χ1n) is 10.3. The molecule has 1 unspecified atom stereocenters. The summed E-state index contributed by atoms with van der Waals surface area (Å²) < 4.78 is 7.83. The van der Waals surface area contributed by atoms with Crippen molar-refractivity contribution in [3.8, 4) is 17.0 Å². The summed E-state index contributed by atoms with van der Waals surface area (Å²) in [5.74, 6) is 0.588. The fourth-order valence-corrected chi connectivity index (χ4v) is 4.97. The number of rotatable bonds is 5. The summed E-state index contributed by atoms with van der Waals surface area (Å²) in [6.07, 6.45) is 2.16. The molecule has 0 saturated carbocycles. The van der Waals surface area contributed by atoms with Gasteiger partial charge in [-0.15, -0.1) is 11.3 Å². The van der Waals surface area contributed by atoms with Crippen molar-refractivity contribution in [3.63, 3.8) is 0 Å². The molecule has 1 aromatic heterocycles. The van der Waals surface area contributed by atoms with E-state index in [2.05, 4.69) is 61.2 Å². The van der Waals surface area contributed by atoms with Gasteiger partial charge in [0.05, 0.1) is 17.1 Å². The van der Waals surface area contributed by atoms with Gasteiger partial charge in [0.1, 0.15) is 5.75 Å². The standard InChI is InChI=1S/C24H27N3O2S/c1-5-6-17(4)27-21(18-7-8-22-20(12-18)26-23(28)13-29-22)14-30-24(27)25-19-10-15(2)9-16(3)11-19/h7-12,14,17H,5-6,13H2,1-4H3,(H,26,28). The van der Waals surface area contributed by atoms with Crippen molar-refractivity contribution in [1.82, 2.24) is 4.57 Å². The summed E-state index contributed by atoms with van der Waals surface area (Å²) in [5.41, 5.74) is 6.27. The fourth-order valence-electron chi connectivity index (χ4n) is 3.95. The van der Waals surface area contributed by atoms with Crippen molar-refractivity contribution in [2.45, 2.75) is 46.6 Å². The highest BCUT2D eigenvalue weighted by Gasteiger charge is 2.19. The van der Waals surface area contributed by atoms with Gasteiger partial charge in [0.2, 0.25) is 0 Å². The van der Waals surface area contributed by atoms with E-state index < -0.39 is 0 Å². The summed E-state index contributed by atoms with van der Waals surface area (Å²) >= 11 is 1.65. The van der Waals surface area contributed by atoms with Crippen LogP contribution in [0.15, 0.2) is 46.8 Å². The van der Waals surface area contributed by atoms with Crippen molar-refractivity contribution in [1.29, 1.82) is 0 Å². The molecule has 2 heterocycles. The number of fused-ring (bicyclic) bond motifs is 1. The van der Waals surface area contributed by atoms with Gasteiger partial charge < -0.3 is 14.6 Å². The molecule has 156 valence electrons. The van der Waals surface area contributed by atoms with Gasteiger partial charge in [-0.3, -0.25) is 4.79 Å². The van der Waals surface area contributed by atoms with Crippen LogP contribution in [0, 0.1) is 13.8 Å². The van der Waals surface area contributed by atoms with Crippen molar-refractivity contribution in [2.75, 3.05) is 11.9 Å². The van der Waals surface area contributed by atoms with Gasteiger partial charge in [-0.25, -0.2) is 4.99 Å². The van der Waals surface area contributed by atoms with Crippen LogP contribution in [-0.2, 0) is 4.79 Å². The highest BCUT2D eigenvalue weighted by molar-refractivity contribution is 7.07. The molecular weight excluding hydrogens is 394 g/mol. The summed E-state index contributed by atoms with van der Waals surface area (Å²) in [4.78, 5) is 17.7. The lowest BCUT2D eigenvalue weighted by atomic mass is 10.1. The lowest BCUT2D eigenvalue weighted by Gasteiger charge is -2.20. The number of benzene rings is 2. The predicted octanol–water partition coefficient (Wildman–Crippen LogP) is 5.76. The molecule has 0 radical (unpaired) electrons. The first-order valence-corrected chi connectivity index (χ1v) is 11.2. The van der Waals surface area contributed by atoms with Gasteiger partial charge in [-0.2, -0.15) is 0 Å². The number of ether oxygens (including phenoxy) is 1. The third-order valence-corrected chi connectivity index (χ3v) is 6.07. The normalized spacial score (nSPS) is 14.8. The zero-order valence-electron chi connectivity index (χ0n) is 17.9. The Morgan fingerprint density at radius 1 is 1.20 bits per heavy atom. The van der Waals surface area contributed by atoms with Crippen LogP contribution in [0.2, 0.25) is 0 Å². The fraction of sp³-hybridized carbons (Fsp3) is 0.333. The molecule has 4 rings (SSSR count). The second-order valence-electron chi connectivity index (χ2n) is 7.92. The topological polar surface area (TPSA) is 55.6 Å². The van der Waals surface area contributed by atoms with E-state index in [0.29, 0.717) is 11.8 Å².